The van der Waals surface area contributed by atoms with Gasteiger partial charge in [-0.15, -0.1) is 0 Å². The van der Waals surface area contributed by atoms with Gasteiger partial charge in [-0.2, -0.15) is 0 Å². The van der Waals surface area contributed by atoms with Crippen LogP contribution in [0.5, 0.6) is 5.75 Å². The number of benzene rings is 1. The Bertz CT molecular complexity index is 601. The average Bonchev–Trinajstić information content (AvgIpc) is 2.52. The molecule has 1 N–H and O–H groups in total. The van der Waals surface area contributed by atoms with Gasteiger partial charge in [0.05, 0.1) is 18.9 Å². The van der Waals surface area contributed by atoms with Crippen molar-refractivity contribution >= 4 is 5.97 Å². The lowest BCUT2D eigenvalue weighted by Crippen LogP contribution is -2.65. The molecule has 0 aromatic heterocycles. The van der Waals surface area contributed by atoms with Crippen molar-refractivity contribution < 1.29 is 24.3 Å². The Morgan fingerprint density at radius 1 is 1.36 bits per heavy atom. The summed E-state index contributed by atoms with van der Waals surface area (Å²) in [6.45, 7) is -0.396. The summed E-state index contributed by atoms with van der Waals surface area (Å²) in [7, 11) is 1.53. The number of aliphatic hydroxyl groups is 1. The Morgan fingerprint density at radius 3 is 2.64 bits per heavy atom. The average molecular weight is 307 g/mol. The number of hydrogen-bond acceptors (Lipinski definition) is 6. The van der Waals surface area contributed by atoms with E-state index in [1.54, 1.807) is 24.3 Å². The number of rotatable bonds is 3. The lowest BCUT2D eigenvalue weighted by atomic mass is 9.62. The number of methoxy groups -OCH3 is 1. The highest BCUT2D eigenvalue weighted by Crippen LogP contribution is 2.50. The Morgan fingerprint density at radius 2 is 2.05 bits per heavy atom. The van der Waals surface area contributed by atoms with Crippen molar-refractivity contribution in [3.63, 3.8) is 0 Å². The molecule has 4 atom stereocenters. The molecule has 7 heteroatoms. The molecule has 3 rings (SSSR count). The summed E-state index contributed by atoms with van der Waals surface area (Å²) in [5, 5.41) is 22.0. The monoisotopic (exact) mass is 307 g/mol. The molecule has 1 aromatic carbocycles. The first-order valence-corrected chi connectivity index (χ1v) is 7.14. The predicted octanol–water partition coefficient (Wildman–Crippen LogP) is 1.12. The highest BCUT2D eigenvalue weighted by Gasteiger charge is 2.66. The summed E-state index contributed by atoms with van der Waals surface area (Å²) in [5.74, 6) is -1.09. The minimum absolute atomic E-state index is 0.230. The van der Waals surface area contributed by atoms with Gasteiger partial charge in [0.25, 0.3) is 5.54 Å². The molecule has 0 spiro atoms. The third-order valence-corrected chi connectivity index (χ3v) is 4.83. The van der Waals surface area contributed by atoms with Crippen LogP contribution in [0.3, 0.4) is 0 Å². The second-order valence-corrected chi connectivity index (χ2v) is 5.81. The lowest BCUT2D eigenvalue weighted by Gasteiger charge is -2.46. The highest BCUT2D eigenvalue weighted by molar-refractivity contribution is 5.76. The van der Waals surface area contributed by atoms with Crippen molar-refractivity contribution in [3.05, 3.63) is 39.9 Å². The highest BCUT2D eigenvalue weighted by atomic mass is 16.6. The van der Waals surface area contributed by atoms with E-state index in [0.717, 1.165) is 0 Å². The number of fused-ring (bicyclic) bond motifs is 2. The fourth-order valence-corrected chi connectivity index (χ4v) is 3.66. The molecule has 1 aromatic rings. The number of aliphatic hydroxyl groups excluding tert-OH is 1. The van der Waals surface area contributed by atoms with Crippen LogP contribution in [-0.4, -0.2) is 41.4 Å². The number of nitrogens with zero attached hydrogens (tertiary/aromatic N) is 1. The van der Waals surface area contributed by atoms with Crippen molar-refractivity contribution in [2.75, 3.05) is 13.7 Å². The minimum atomic E-state index is -1.68. The van der Waals surface area contributed by atoms with E-state index in [9.17, 15) is 20.0 Å². The van der Waals surface area contributed by atoms with E-state index in [1.165, 1.54) is 7.11 Å². The third-order valence-electron chi connectivity index (χ3n) is 4.83. The molecule has 0 amide bonds. The van der Waals surface area contributed by atoms with E-state index in [4.69, 9.17) is 9.47 Å². The zero-order valence-corrected chi connectivity index (χ0v) is 12.1. The summed E-state index contributed by atoms with van der Waals surface area (Å²) in [4.78, 5) is 23.3. The number of carbonyl (C=O) groups excluding carboxylic acids is 1. The minimum Gasteiger partial charge on any atom is -0.497 e. The first-order chi connectivity index (χ1) is 10.5. The molecule has 2 aliphatic rings. The van der Waals surface area contributed by atoms with Gasteiger partial charge < -0.3 is 14.6 Å². The molecule has 1 aliphatic carbocycles. The zero-order chi connectivity index (χ0) is 15.9. The molecule has 1 unspecified atom stereocenters. The van der Waals surface area contributed by atoms with Gasteiger partial charge in [0, 0.05) is 4.92 Å². The van der Waals surface area contributed by atoms with Gasteiger partial charge in [0.15, 0.2) is 6.61 Å². The summed E-state index contributed by atoms with van der Waals surface area (Å²) in [6.07, 6.45) is -0.529. The molecule has 1 saturated carbocycles. The standard InChI is InChI=1S/C15H17NO6/c1-21-10-4-2-9(3-5-10)13-11-6-7-12(17)15(13,16(19)20)8-22-14(11)18/h2-5,11-13,17H,6-8H2,1H3/t11-,12-,13?,15+/m0/s1. The Hall–Kier alpha value is -2.15. The number of nitro groups is 1. The van der Waals surface area contributed by atoms with E-state index in [2.05, 4.69) is 0 Å². The first kappa shape index (κ1) is 14.8. The van der Waals surface area contributed by atoms with Gasteiger partial charge in [0.2, 0.25) is 0 Å². The van der Waals surface area contributed by atoms with Gasteiger partial charge in [0.1, 0.15) is 11.9 Å². The van der Waals surface area contributed by atoms with Crippen molar-refractivity contribution in [3.8, 4) is 5.75 Å². The van der Waals surface area contributed by atoms with Crippen LogP contribution in [0.2, 0.25) is 0 Å². The number of carbonyl (C=O) groups is 1. The maximum absolute atomic E-state index is 12.0. The number of ether oxygens (including phenoxy) is 2. The summed E-state index contributed by atoms with van der Waals surface area (Å²) in [6, 6.07) is 6.83. The Balaban J connectivity index is 2.10. The van der Waals surface area contributed by atoms with Gasteiger partial charge in [-0.05, 0) is 30.5 Å². The van der Waals surface area contributed by atoms with E-state index in [-0.39, 0.29) is 6.42 Å². The van der Waals surface area contributed by atoms with E-state index < -0.39 is 41.0 Å². The number of hydrogen-bond donors (Lipinski definition) is 1. The third kappa shape index (κ3) is 1.96. The molecule has 0 radical (unpaired) electrons. The molecule has 2 bridgehead atoms. The summed E-state index contributed by atoms with van der Waals surface area (Å²) < 4.78 is 10.1. The molecule has 1 heterocycles. The molecule has 1 saturated heterocycles. The fourth-order valence-electron chi connectivity index (χ4n) is 3.66. The maximum atomic E-state index is 12.0. The van der Waals surface area contributed by atoms with Crippen molar-refractivity contribution in [2.24, 2.45) is 5.92 Å². The Kier molecular flexibility index (Phi) is 3.52. The van der Waals surface area contributed by atoms with Crippen LogP contribution in [0.1, 0.15) is 24.3 Å². The molecule has 1 aliphatic heterocycles. The van der Waals surface area contributed by atoms with Crippen LogP contribution in [-0.2, 0) is 9.53 Å². The van der Waals surface area contributed by atoms with Gasteiger partial charge in [-0.1, -0.05) is 12.1 Å². The van der Waals surface area contributed by atoms with Crippen LogP contribution >= 0.6 is 0 Å². The number of cyclic esters (lactones) is 1. The van der Waals surface area contributed by atoms with E-state index >= 15 is 0 Å². The van der Waals surface area contributed by atoms with E-state index in [1.807, 2.05) is 0 Å². The van der Waals surface area contributed by atoms with Crippen molar-refractivity contribution in [1.82, 2.24) is 0 Å². The van der Waals surface area contributed by atoms with Crippen LogP contribution in [0.25, 0.3) is 0 Å². The second kappa shape index (κ2) is 5.24. The molecule has 7 nitrogen and oxygen atoms in total. The Labute approximate surface area is 127 Å². The van der Waals surface area contributed by atoms with Crippen molar-refractivity contribution in [2.45, 2.75) is 30.4 Å². The molecule has 2 fully saturated rings. The fraction of sp³-hybridized carbons (Fsp3) is 0.533. The lowest BCUT2D eigenvalue weighted by molar-refractivity contribution is -0.599. The SMILES string of the molecule is COc1ccc(C2[C@@H]3CC[C@H](O)[C@]2([N+](=O)[O-])COC3=O)cc1. The molecular formula is C15H17NO6. The van der Waals surface area contributed by atoms with Crippen LogP contribution in [0, 0.1) is 16.0 Å². The van der Waals surface area contributed by atoms with Gasteiger partial charge in [-0.3, -0.25) is 14.9 Å². The molecule has 118 valence electrons. The van der Waals surface area contributed by atoms with E-state index in [0.29, 0.717) is 17.7 Å². The number of esters is 1. The summed E-state index contributed by atoms with van der Waals surface area (Å²) >= 11 is 0. The predicted molar refractivity (Wildman–Crippen MR) is 75.2 cm³/mol. The second-order valence-electron chi connectivity index (χ2n) is 5.81. The molecular weight excluding hydrogens is 290 g/mol. The summed E-state index contributed by atoms with van der Waals surface area (Å²) in [5.41, 5.74) is -1.02. The topological polar surface area (TPSA) is 98.9 Å². The largest absolute Gasteiger partial charge is 0.497 e. The maximum Gasteiger partial charge on any atom is 0.310 e. The van der Waals surface area contributed by atoms with Crippen molar-refractivity contribution in [1.29, 1.82) is 0 Å². The first-order valence-electron chi connectivity index (χ1n) is 7.14. The normalized spacial score (nSPS) is 33.9. The van der Waals surface area contributed by atoms with Gasteiger partial charge >= 0.3 is 5.97 Å². The smallest absolute Gasteiger partial charge is 0.310 e. The van der Waals surface area contributed by atoms with Crippen LogP contribution in [0.15, 0.2) is 24.3 Å². The quantitative estimate of drug-likeness (QED) is 0.510. The zero-order valence-electron chi connectivity index (χ0n) is 12.1. The van der Waals surface area contributed by atoms with Crippen LogP contribution < -0.4 is 4.74 Å². The van der Waals surface area contributed by atoms with Gasteiger partial charge in [-0.25, -0.2) is 0 Å². The molecule has 22 heavy (non-hydrogen) atoms. The van der Waals surface area contributed by atoms with Crippen LogP contribution in [0.4, 0.5) is 0 Å².